The van der Waals surface area contributed by atoms with Gasteiger partial charge in [0.1, 0.15) is 6.04 Å². The van der Waals surface area contributed by atoms with Gasteiger partial charge in [-0.25, -0.2) is 9.79 Å². The van der Waals surface area contributed by atoms with Gasteiger partial charge in [-0.3, -0.25) is 9.36 Å². The van der Waals surface area contributed by atoms with Gasteiger partial charge < -0.3 is 9.30 Å². The number of carbonyl (C=O) groups excluding carboxylic acids is 1. The Balaban J connectivity index is 1.53. The van der Waals surface area contributed by atoms with E-state index in [-0.39, 0.29) is 12.2 Å². The Morgan fingerprint density at radius 3 is 2.49 bits per heavy atom. The van der Waals surface area contributed by atoms with E-state index >= 15 is 0 Å². The van der Waals surface area contributed by atoms with Crippen LogP contribution in [-0.2, 0) is 16.1 Å². The summed E-state index contributed by atoms with van der Waals surface area (Å²) in [5.74, 6) is -0.518. The fourth-order valence-corrected chi connectivity index (χ4v) is 6.73. The van der Waals surface area contributed by atoms with Crippen molar-refractivity contribution in [2.75, 3.05) is 6.61 Å². The average molecular weight is 603 g/mol. The number of ether oxygens (including phenoxy) is 1. The van der Waals surface area contributed by atoms with Gasteiger partial charge in [0.25, 0.3) is 5.56 Å². The standard InChI is InChI=1S/C32H25Cl2N3O3S/c1-3-40-31(39)28-19(2)35-32-37(29(28)23-12-5-8-14-25(23)34)30(38)27(41-32)16-21-18-36(26-15-9-6-11-22(21)26)17-20-10-4-7-13-24(20)33/h4-16,18,29H,3,17H2,1-2H3/t29-/m1/s1. The molecule has 0 saturated heterocycles. The van der Waals surface area contributed by atoms with E-state index in [1.807, 2.05) is 72.9 Å². The van der Waals surface area contributed by atoms with Crippen molar-refractivity contribution >= 4 is 57.5 Å². The average Bonchev–Trinajstić information content (AvgIpc) is 3.46. The van der Waals surface area contributed by atoms with Crippen molar-refractivity contribution in [3.63, 3.8) is 0 Å². The maximum absolute atomic E-state index is 14.1. The quantitative estimate of drug-likeness (QED) is 0.221. The number of nitrogens with zero attached hydrogens (tertiary/aromatic N) is 3. The van der Waals surface area contributed by atoms with Crippen LogP contribution < -0.4 is 14.9 Å². The van der Waals surface area contributed by atoms with Crippen molar-refractivity contribution in [1.29, 1.82) is 0 Å². The van der Waals surface area contributed by atoms with E-state index in [2.05, 4.69) is 15.6 Å². The number of fused-ring (bicyclic) bond motifs is 2. The first-order valence-electron chi connectivity index (χ1n) is 13.1. The Hall–Kier alpha value is -3.91. The Labute approximate surface area is 250 Å². The molecule has 0 spiro atoms. The van der Waals surface area contributed by atoms with Gasteiger partial charge >= 0.3 is 5.97 Å². The van der Waals surface area contributed by atoms with Crippen LogP contribution in [0.3, 0.4) is 0 Å². The van der Waals surface area contributed by atoms with Gasteiger partial charge in [0.2, 0.25) is 0 Å². The zero-order valence-corrected chi connectivity index (χ0v) is 24.6. The highest BCUT2D eigenvalue weighted by atomic mass is 35.5. The summed E-state index contributed by atoms with van der Waals surface area (Å²) >= 11 is 14.4. The maximum Gasteiger partial charge on any atom is 0.338 e. The molecule has 1 aliphatic heterocycles. The Bertz CT molecular complexity index is 2040. The highest BCUT2D eigenvalue weighted by Crippen LogP contribution is 2.34. The molecule has 6 rings (SSSR count). The van der Waals surface area contributed by atoms with Gasteiger partial charge in [-0.1, -0.05) is 89.1 Å². The molecule has 0 amide bonds. The molecule has 206 valence electrons. The van der Waals surface area contributed by atoms with E-state index in [9.17, 15) is 9.59 Å². The molecule has 41 heavy (non-hydrogen) atoms. The van der Waals surface area contributed by atoms with Gasteiger partial charge in [-0.2, -0.15) is 0 Å². The third kappa shape index (κ3) is 4.95. The summed E-state index contributed by atoms with van der Waals surface area (Å²) in [6.07, 6.45) is 3.93. The molecule has 3 aromatic carbocycles. The van der Waals surface area contributed by atoms with Crippen LogP contribution in [0.1, 0.15) is 36.6 Å². The highest BCUT2D eigenvalue weighted by molar-refractivity contribution is 7.07. The smallest absolute Gasteiger partial charge is 0.338 e. The molecule has 0 saturated carbocycles. The number of esters is 1. The number of thiazole rings is 1. The van der Waals surface area contributed by atoms with Crippen LogP contribution >= 0.6 is 34.5 Å². The highest BCUT2D eigenvalue weighted by Gasteiger charge is 2.34. The predicted octanol–water partition coefficient (Wildman–Crippen LogP) is 6.11. The summed E-state index contributed by atoms with van der Waals surface area (Å²) in [6.45, 7) is 4.29. The predicted molar refractivity (Wildman–Crippen MR) is 164 cm³/mol. The van der Waals surface area contributed by atoms with Gasteiger partial charge in [0, 0.05) is 39.3 Å². The first-order chi connectivity index (χ1) is 19.9. The van der Waals surface area contributed by atoms with Crippen molar-refractivity contribution in [3.8, 4) is 0 Å². The zero-order valence-electron chi connectivity index (χ0n) is 22.3. The van der Waals surface area contributed by atoms with Gasteiger partial charge in [0.05, 0.1) is 22.4 Å². The summed E-state index contributed by atoms with van der Waals surface area (Å²) < 4.78 is 9.57. The first kappa shape index (κ1) is 27.3. The number of benzene rings is 3. The minimum Gasteiger partial charge on any atom is -0.463 e. The minimum atomic E-state index is -0.761. The van der Waals surface area contributed by atoms with Crippen LogP contribution in [0.2, 0.25) is 10.0 Å². The second-order valence-corrected chi connectivity index (χ2v) is 11.5. The van der Waals surface area contributed by atoms with E-state index in [0.29, 0.717) is 42.8 Å². The number of para-hydroxylation sites is 1. The summed E-state index contributed by atoms with van der Waals surface area (Å²) in [6, 6.07) is 22.3. The zero-order chi connectivity index (χ0) is 28.7. The molecule has 0 bridgehead atoms. The van der Waals surface area contributed by atoms with Crippen LogP contribution in [0.15, 0.2) is 100 Å². The molecular formula is C32H25Cl2N3O3S. The lowest BCUT2D eigenvalue weighted by atomic mass is 9.96. The lowest BCUT2D eigenvalue weighted by Gasteiger charge is -2.25. The van der Waals surface area contributed by atoms with Gasteiger partial charge in [-0.05, 0) is 49.2 Å². The second-order valence-electron chi connectivity index (χ2n) is 9.64. The first-order valence-corrected chi connectivity index (χ1v) is 14.7. The van der Waals surface area contributed by atoms with E-state index in [1.165, 1.54) is 11.3 Å². The molecule has 1 aliphatic rings. The third-order valence-corrected chi connectivity index (χ3v) is 8.82. The molecule has 0 unspecified atom stereocenters. The molecule has 0 N–H and O–H groups in total. The fourth-order valence-electron chi connectivity index (χ4n) is 5.26. The summed E-state index contributed by atoms with van der Waals surface area (Å²) in [7, 11) is 0. The molecular weight excluding hydrogens is 577 g/mol. The van der Waals surface area contributed by atoms with E-state index in [0.717, 1.165) is 22.0 Å². The molecule has 2 aromatic heterocycles. The largest absolute Gasteiger partial charge is 0.463 e. The molecule has 5 aromatic rings. The third-order valence-electron chi connectivity index (χ3n) is 7.12. The number of halogens is 2. The monoisotopic (exact) mass is 601 g/mol. The van der Waals surface area contributed by atoms with Crippen LogP contribution in [0, 0.1) is 0 Å². The molecule has 6 nitrogen and oxygen atoms in total. The number of hydrogen-bond acceptors (Lipinski definition) is 5. The fraction of sp³-hybridized carbons (Fsp3) is 0.156. The van der Waals surface area contributed by atoms with Crippen LogP contribution in [0.25, 0.3) is 17.0 Å². The van der Waals surface area contributed by atoms with Gasteiger partial charge in [-0.15, -0.1) is 0 Å². The second kappa shape index (κ2) is 11.2. The molecule has 0 radical (unpaired) electrons. The number of hydrogen-bond donors (Lipinski definition) is 0. The lowest BCUT2D eigenvalue weighted by Crippen LogP contribution is -2.40. The Morgan fingerprint density at radius 2 is 1.73 bits per heavy atom. The molecule has 1 atom stereocenters. The number of aromatic nitrogens is 2. The lowest BCUT2D eigenvalue weighted by molar-refractivity contribution is -0.139. The van der Waals surface area contributed by atoms with Crippen LogP contribution in [0.4, 0.5) is 0 Å². The number of rotatable bonds is 6. The van der Waals surface area contributed by atoms with E-state index in [1.54, 1.807) is 24.5 Å². The number of allylic oxidation sites excluding steroid dienone is 1. The van der Waals surface area contributed by atoms with Crippen molar-refractivity contribution in [2.24, 2.45) is 4.99 Å². The van der Waals surface area contributed by atoms with Crippen molar-refractivity contribution in [2.45, 2.75) is 26.4 Å². The normalized spacial score (nSPS) is 15.2. The molecule has 0 fully saturated rings. The van der Waals surface area contributed by atoms with Crippen LogP contribution in [-0.4, -0.2) is 21.7 Å². The van der Waals surface area contributed by atoms with E-state index < -0.39 is 12.0 Å². The molecule has 9 heteroatoms. The maximum atomic E-state index is 14.1. The van der Waals surface area contributed by atoms with Gasteiger partial charge in [0.15, 0.2) is 4.80 Å². The molecule has 0 aliphatic carbocycles. The Kier molecular flexibility index (Phi) is 7.43. The van der Waals surface area contributed by atoms with E-state index in [4.69, 9.17) is 27.9 Å². The molecule has 3 heterocycles. The summed E-state index contributed by atoms with van der Waals surface area (Å²) in [5, 5.41) is 2.16. The Morgan fingerprint density at radius 1 is 1.02 bits per heavy atom. The van der Waals surface area contributed by atoms with Crippen LogP contribution in [0.5, 0.6) is 0 Å². The minimum absolute atomic E-state index is 0.202. The van der Waals surface area contributed by atoms with Crippen molar-refractivity contribution < 1.29 is 9.53 Å². The van der Waals surface area contributed by atoms with Crippen molar-refractivity contribution in [3.05, 3.63) is 137 Å². The summed E-state index contributed by atoms with van der Waals surface area (Å²) in [5.41, 5.74) is 4.11. The van der Waals surface area contributed by atoms with Crippen molar-refractivity contribution in [1.82, 2.24) is 9.13 Å². The summed E-state index contributed by atoms with van der Waals surface area (Å²) in [4.78, 5) is 32.4. The number of carbonyl (C=O) groups is 1. The SMILES string of the molecule is CCOC(=O)C1=C(C)N=c2sc(=Cc3cn(Cc4ccccc4Cl)c4ccccc34)c(=O)n2[C@@H]1c1ccccc1Cl. The topological polar surface area (TPSA) is 65.6 Å².